The van der Waals surface area contributed by atoms with Crippen molar-refractivity contribution in [2.24, 2.45) is 0 Å². The fourth-order valence-electron chi connectivity index (χ4n) is 0.478. The van der Waals surface area contributed by atoms with Crippen LogP contribution >= 0.6 is 0 Å². The van der Waals surface area contributed by atoms with E-state index in [0.717, 1.165) is 0 Å². The van der Waals surface area contributed by atoms with Crippen LogP contribution in [-0.2, 0) is 4.79 Å². The average molecular weight is 139 g/mol. The Bertz CT molecular complexity index is 250. The minimum atomic E-state index is -1.09. The van der Waals surface area contributed by atoms with Gasteiger partial charge in [0, 0.05) is 6.07 Å². The van der Waals surface area contributed by atoms with Gasteiger partial charge < -0.3 is 9.63 Å². The third-order valence-corrected chi connectivity index (χ3v) is 1.01. The van der Waals surface area contributed by atoms with Crippen molar-refractivity contribution < 1.29 is 14.4 Å². The largest absolute Gasteiger partial charge is 0.478 e. The van der Waals surface area contributed by atoms with Crippen molar-refractivity contribution in [1.29, 1.82) is 0 Å². The Labute approximate surface area is 56.8 Å². The molecule has 0 unspecified atom stereocenters. The minimum absolute atomic E-state index is 0.0613. The van der Waals surface area contributed by atoms with Gasteiger partial charge in [-0.1, -0.05) is 11.7 Å². The first kappa shape index (κ1) is 6.54. The number of hydrogen-bond acceptors (Lipinski definition) is 3. The molecule has 0 radical (unpaired) electrons. The van der Waals surface area contributed by atoms with Gasteiger partial charge in [-0.15, -0.1) is 0 Å². The molecule has 1 aromatic rings. The fourth-order valence-corrected chi connectivity index (χ4v) is 0.478. The van der Waals surface area contributed by atoms with Crippen LogP contribution in [0, 0.1) is 0 Å². The second-order valence-corrected chi connectivity index (χ2v) is 1.67. The second kappa shape index (κ2) is 2.34. The molecule has 0 bridgehead atoms. The van der Waals surface area contributed by atoms with Crippen LogP contribution in [0.15, 0.2) is 23.4 Å². The zero-order chi connectivity index (χ0) is 7.56. The van der Waals surface area contributed by atoms with Crippen LogP contribution in [0.1, 0.15) is 5.69 Å². The summed E-state index contributed by atoms with van der Waals surface area (Å²) in [6, 6.07) is 1.44. The predicted molar refractivity (Wildman–Crippen MR) is 33.2 cm³/mol. The molecule has 0 amide bonds. The van der Waals surface area contributed by atoms with Gasteiger partial charge in [0.25, 0.3) is 0 Å². The van der Waals surface area contributed by atoms with Crippen molar-refractivity contribution in [2.75, 3.05) is 0 Å². The van der Waals surface area contributed by atoms with E-state index in [1.165, 1.54) is 12.3 Å². The van der Waals surface area contributed by atoms with Crippen LogP contribution < -0.4 is 0 Å². The van der Waals surface area contributed by atoms with Crippen molar-refractivity contribution in [2.45, 2.75) is 0 Å². The molecule has 0 atom stereocenters. The number of carboxylic acids is 1. The summed E-state index contributed by atoms with van der Waals surface area (Å²) >= 11 is 0. The van der Waals surface area contributed by atoms with E-state index >= 15 is 0 Å². The number of nitrogens with zero attached hydrogens (tertiary/aromatic N) is 1. The van der Waals surface area contributed by atoms with E-state index < -0.39 is 5.97 Å². The van der Waals surface area contributed by atoms with E-state index in [1.807, 2.05) is 0 Å². The molecule has 0 fully saturated rings. The molecular formula is C6H5NO3. The molecule has 0 aliphatic heterocycles. The van der Waals surface area contributed by atoms with Crippen LogP contribution in [0.3, 0.4) is 0 Å². The van der Waals surface area contributed by atoms with E-state index in [-0.39, 0.29) is 11.3 Å². The molecule has 1 rings (SSSR count). The lowest BCUT2D eigenvalue weighted by molar-refractivity contribution is -0.130. The van der Waals surface area contributed by atoms with E-state index in [9.17, 15) is 4.79 Å². The highest BCUT2D eigenvalue weighted by atomic mass is 16.5. The second-order valence-electron chi connectivity index (χ2n) is 1.67. The topological polar surface area (TPSA) is 63.3 Å². The Kier molecular flexibility index (Phi) is 1.53. The zero-order valence-electron chi connectivity index (χ0n) is 5.07. The Morgan fingerprint density at radius 1 is 1.80 bits per heavy atom. The molecule has 4 heteroatoms. The first-order valence-corrected chi connectivity index (χ1v) is 2.55. The summed E-state index contributed by atoms with van der Waals surface area (Å²) in [5, 5.41) is 11.8. The first-order chi connectivity index (χ1) is 4.72. The molecule has 52 valence electrons. The molecule has 0 saturated heterocycles. The molecule has 0 aliphatic rings. The third kappa shape index (κ3) is 1.05. The summed E-state index contributed by atoms with van der Waals surface area (Å²) in [6.45, 7) is 3.27. The van der Waals surface area contributed by atoms with E-state index in [2.05, 4.69) is 16.3 Å². The maximum absolute atomic E-state index is 10.2. The quantitative estimate of drug-likeness (QED) is 0.614. The van der Waals surface area contributed by atoms with E-state index in [1.54, 1.807) is 0 Å². The molecule has 0 aliphatic carbocycles. The molecule has 0 spiro atoms. The van der Waals surface area contributed by atoms with Crippen LogP contribution in [0.2, 0.25) is 0 Å². The molecule has 1 N–H and O–H groups in total. The summed E-state index contributed by atoms with van der Waals surface area (Å²) in [4.78, 5) is 10.2. The summed E-state index contributed by atoms with van der Waals surface area (Å²) in [7, 11) is 0. The highest BCUT2D eigenvalue weighted by Gasteiger charge is 2.08. The maximum Gasteiger partial charge on any atom is 0.337 e. The van der Waals surface area contributed by atoms with Crippen molar-refractivity contribution in [3.63, 3.8) is 0 Å². The summed E-state index contributed by atoms with van der Waals surface area (Å²) in [6.07, 6.45) is 1.30. The van der Waals surface area contributed by atoms with Gasteiger partial charge in [0.1, 0.15) is 12.0 Å². The highest BCUT2D eigenvalue weighted by molar-refractivity contribution is 6.13. The number of carboxylic acid groups (broad SMARTS) is 1. The molecular weight excluding hydrogens is 134 g/mol. The summed E-state index contributed by atoms with van der Waals surface area (Å²) in [5.74, 6) is -1.09. The number of aromatic nitrogens is 1. The highest BCUT2D eigenvalue weighted by Crippen LogP contribution is 2.07. The van der Waals surface area contributed by atoms with Gasteiger partial charge in [-0.2, -0.15) is 0 Å². The fraction of sp³-hybridized carbons (Fsp3) is 0. The van der Waals surface area contributed by atoms with Crippen molar-refractivity contribution in [3.8, 4) is 0 Å². The minimum Gasteiger partial charge on any atom is -0.478 e. The van der Waals surface area contributed by atoms with Crippen molar-refractivity contribution >= 4 is 11.5 Å². The zero-order valence-corrected chi connectivity index (χ0v) is 5.07. The van der Waals surface area contributed by atoms with E-state index in [0.29, 0.717) is 0 Å². The van der Waals surface area contributed by atoms with Crippen LogP contribution in [0.5, 0.6) is 0 Å². The predicted octanol–water partition coefficient (Wildman–Crippen LogP) is 0.772. The Balaban J connectivity index is 2.88. The third-order valence-electron chi connectivity index (χ3n) is 1.01. The van der Waals surface area contributed by atoms with Gasteiger partial charge >= 0.3 is 5.97 Å². The summed E-state index contributed by atoms with van der Waals surface area (Å²) in [5.41, 5.74) is 0.196. The summed E-state index contributed by atoms with van der Waals surface area (Å²) < 4.78 is 4.41. The van der Waals surface area contributed by atoms with Gasteiger partial charge in [-0.25, -0.2) is 4.79 Å². The Morgan fingerprint density at radius 3 is 2.90 bits per heavy atom. The monoisotopic (exact) mass is 139 g/mol. The first-order valence-electron chi connectivity index (χ1n) is 2.55. The number of rotatable bonds is 2. The SMILES string of the molecule is C=C(C(=O)O)c1ccon1. The lowest BCUT2D eigenvalue weighted by Gasteiger charge is -1.88. The van der Waals surface area contributed by atoms with Gasteiger partial charge in [0.15, 0.2) is 0 Å². The lowest BCUT2D eigenvalue weighted by atomic mass is 10.2. The molecule has 0 saturated carbocycles. The Morgan fingerprint density at radius 2 is 2.50 bits per heavy atom. The Hall–Kier alpha value is -1.58. The normalized spacial score (nSPS) is 9.20. The van der Waals surface area contributed by atoms with Crippen molar-refractivity contribution in [1.82, 2.24) is 5.16 Å². The molecule has 1 heterocycles. The molecule has 4 nitrogen and oxygen atoms in total. The number of hydrogen-bond donors (Lipinski definition) is 1. The van der Waals surface area contributed by atoms with E-state index in [4.69, 9.17) is 5.11 Å². The smallest absolute Gasteiger partial charge is 0.337 e. The number of carbonyl (C=O) groups is 1. The van der Waals surface area contributed by atoms with Crippen LogP contribution in [0.4, 0.5) is 0 Å². The number of aliphatic carboxylic acids is 1. The van der Waals surface area contributed by atoms with Gasteiger partial charge in [-0.3, -0.25) is 0 Å². The molecule has 10 heavy (non-hydrogen) atoms. The lowest BCUT2D eigenvalue weighted by Crippen LogP contribution is -1.97. The average Bonchev–Trinajstić information content (AvgIpc) is 2.36. The standard InChI is InChI=1S/C6H5NO3/c1-4(6(8)9)5-2-3-10-7-5/h2-3H,1H2,(H,8,9). The maximum atomic E-state index is 10.2. The van der Waals surface area contributed by atoms with Gasteiger partial charge in [-0.05, 0) is 0 Å². The molecule has 1 aromatic heterocycles. The van der Waals surface area contributed by atoms with Crippen LogP contribution in [-0.4, -0.2) is 16.2 Å². The van der Waals surface area contributed by atoms with Crippen LogP contribution in [0.25, 0.3) is 5.57 Å². The van der Waals surface area contributed by atoms with Gasteiger partial charge in [0.2, 0.25) is 0 Å². The van der Waals surface area contributed by atoms with Gasteiger partial charge in [0.05, 0.1) is 5.57 Å². The molecule has 0 aromatic carbocycles. The van der Waals surface area contributed by atoms with Crippen molar-refractivity contribution in [3.05, 3.63) is 24.6 Å².